The van der Waals surface area contributed by atoms with Crippen LogP contribution in [0.1, 0.15) is 52.3 Å². The van der Waals surface area contributed by atoms with Crippen molar-refractivity contribution in [3.05, 3.63) is 70.4 Å². The molecule has 0 atom stereocenters. The Morgan fingerprint density at radius 1 is 1.28 bits per heavy atom. The summed E-state index contributed by atoms with van der Waals surface area (Å²) < 4.78 is 3.86. The van der Waals surface area contributed by atoms with Gasteiger partial charge in [-0.2, -0.15) is 5.10 Å². The summed E-state index contributed by atoms with van der Waals surface area (Å²) in [5.41, 5.74) is 5.26. The van der Waals surface area contributed by atoms with Crippen LogP contribution in [0.2, 0.25) is 5.02 Å². The number of benzene rings is 1. The van der Waals surface area contributed by atoms with E-state index < -0.39 is 0 Å². The maximum atomic E-state index is 9.59. The van der Waals surface area contributed by atoms with Crippen molar-refractivity contribution in [3.8, 4) is 0 Å². The number of allylic oxidation sites excluding steroid dienone is 3. The Morgan fingerprint density at radius 2 is 2.00 bits per heavy atom. The molecule has 1 saturated heterocycles. The van der Waals surface area contributed by atoms with Gasteiger partial charge in [-0.05, 0) is 57.0 Å². The zero-order valence-corrected chi connectivity index (χ0v) is 23.3. The molecule has 0 amide bonds. The third-order valence-electron chi connectivity index (χ3n) is 6.25. The van der Waals surface area contributed by atoms with Crippen molar-refractivity contribution in [2.45, 2.75) is 60.6 Å². The van der Waals surface area contributed by atoms with Crippen LogP contribution < -0.4 is 5.32 Å². The largest absolute Gasteiger partial charge is 0.390 e. The molecule has 8 heteroatoms. The number of nitrogens with one attached hydrogen (secondary N) is 1. The van der Waals surface area contributed by atoms with E-state index in [0.29, 0.717) is 13.1 Å². The van der Waals surface area contributed by atoms with Gasteiger partial charge < -0.3 is 15.0 Å². The van der Waals surface area contributed by atoms with E-state index in [2.05, 4.69) is 36.2 Å². The fraction of sp³-hybridized carbons (Fsp3) is 0.429. The third-order valence-corrected chi connectivity index (χ3v) is 6.55. The summed E-state index contributed by atoms with van der Waals surface area (Å²) in [7, 11) is 1.99. The van der Waals surface area contributed by atoms with E-state index in [-0.39, 0.29) is 6.10 Å². The minimum absolute atomic E-state index is 0.212. The van der Waals surface area contributed by atoms with Crippen LogP contribution in [-0.4, -0.2) is 49.4 Å². The molecule has 1 aliphatic rings. The van der Waals surface area contributed by atoms with E-state index in [0.717, 1.165) is 63.1 Å². The monoisotopic (exact) mass is 510 g/mol. The standard InChI is InChI=1S/C26H33ClN6O.C2H6/c1-6-8-25(33-13-19(18(4)30-33)12-32-14-21(34)15-32)29-26(17(3)7-2)28-20-9-10-24-22(11-20)23(27)16-31(24)5;1-2/h6,8-11,13,16,21,28,34H,7,12,14-15H2,1-5H3;1-2H3/b8-6-,26-17+,29-25+;. The fourth-order valence-electron chi connectivity index (χ4n) is 4.07. The van der Waals surface area contributed by atoms with Gasteiger partial charge in [0.2, 0.25) is 0 Å². The quantitative estimate of drug-likeness (QED) is 0.297. The van der Waals surface area contributed by atoms with Gasteiger partial charge in [-0.25, -0.2) is 9.67 Å². The molecule has 4 rings (SSSR count). The molecule has 0 aliphatic carbocycles. The lowest BCUT2D eigenvalue weighted by atomic mass is 10.1. The highest BCUT2D eigenvalue weighted by atomic mass is 35.5. The summed E-state index contributed by atoms with van der Waals surface area (Å²) in [6, 6.07) is 6.17. The van der Waals surface area contributed by atoms with Gasteiger partial charge in [0.1, 0.15) is 5.82 Å². The average molecular weight is 511 g/mol. The average Bonchev–Trinajstić information content (AvgIpc) is 3.36. The summed E-state index contributed by atoms with van der Waals surface area (Å²) in [4.78, 5) is 7.21. The Labute approximate surface area is 219 Å². The van der Waals surface area contributed by atoms with Crippen LogP contribution in [0.4, 0.5) is 5.69 Å². The predicted molar refractivity (Wildman–Crippen MR) is 152 cm³/mol. The zero-order valence-electron chi connectivity index (χ0n) is 22.5. The number of aliphatic hydroxyl groups excluding tert-OH is 1. The Balaban J connectivity index is 0.00000176. The first kappa shape index (κ1) is 27.7. The van der Waals surface area contributed by atoms with Gasteiger partial charge in [-0.1, -0.05) is 38.4 Å². The van der Waals surface area contributed by atoms with E-state index in [9.17, 15) is 5.11 Å². The van der Waals surface area contributed by atoms with Gasteiger partial charge >= 0.3 is 0 Å². The summed E-state index contributed by atoms with van der Waals surface area (Å²) in [5.74, 6) is 1.53. The number of β-amino-alcohol motifs (C(OH)–C–C–N with tert-alkyl or cyclic N) is 1. The van der Waals surface area contributed by atoms with Crippen LogP contribution in [0, 0.1) is 6.92 Å². The third kappa shape index (κ3) is 6.27. The number of likely N-dealkylation sites (tertiary alicyclic amines) is 1. The highest BCUT2D eigenvalue weighted by Crippen LogP contribution is 2.29. The molecule has 36 heavy (non-hydrogen) atoms. The number of aliphatic imine (C=N–C) groups is 1. The van der Waals surface area contributed by atoms with Crippen molar-refractivity contribution in [1.29, 1.82) is 0 Å². The lowest BCUT2D eigenvalue weighted by molar-refractivity contribution is -0.00297. The Bertz CT molecular complexity index is 1280. The Hall–Kier alpha value is -2.87. The molecular weight excluding hydrogens is 472 g/mol. The molecular formula is C28H39ClN6O. The molecule has 1 aliphatic heterocycles. The predicted octanol–water partition coefficient (Wildman–Crippen LogP) is 6.12. The number of anilines is 1. The minimum Gasteiger partial charge on any atom is -0.390 e. The van der Waals surface area contributed by atoms with Gasteiger partial charge in [-0.3, -0.25) is 4.90 Å². The number of aromatic nitrogens is 3. The maximum Gasteiger partial charge on any atom is 0.155 e. The summed E-state index contributed by atoms with van der Waals surface area (Å²) >= 11 is 6.43. The highest BCUT2D eigenvalue weighted by Gasteiger charge is 2.25. The van der Waals surface area contributed by atoms with Gasteiger partial charge in [0, 0.05) is 61.2 Å². The lowest BCUT2D eigenvalue weighted by Gasteiger charge is -2.35. The molecule has 3 aromatic rings. The van der Waals surface area contributed by atoms with Gasteiger partial charge in [0.05, 0.1) is 16.8 Å². The molecule has 1 aromatic carbocycles. The van der Waals surface area contributed by atoms with Gasteiger partial charge in [0.15, 0.2) is 5.84 Å². The number of rotatable bonds is 7. The molecule has 3 heterocycles. The number of halogens is 1. The van der Waals surface area contributed by atoms with Crippen LogP contribution in [0.5, 0.6) is 0 Å². The van der Waals surface area contributed by atoms with E-state index in [1.54, 1.807) is 0 Å². The molecule has 194 valence electrons. The molecule has 0 radical (unpaired) electrons. The van der Waals surface area contributed by atoms with Crippen LogP contribution in [-0.2, 0) is 13.6 Å². The SMILES string of the molecule is CC.C\C=C/C(=N\C(Nc1ccc2c(c1)c(Cl)cn2C)=C(/C)CC)n1cc(CN2CC(O)C2)c(C)n1. The number of aliphatic hydroxyl groups is 1. The van der Waals surface area contributed by atoms with Gasteiger partial charge in [0.25, 0.3) is 0 Å². The highest BCUT2D eigenvalue weighted by molar-refractivity contribution is 6.35. The van der Waals surface area contributed by atoms with E-state index in [1.807, 2.05) is 74.6 Å². The van der Waals surface area contributed by atoms with Crippen molar-refractivity contribution in [3.63, 3.8) is 0 Å². The topological polar surface area (TPSA) is 70.6 Å². The summed E-state index contributed by atoms with van der Waals surface area (Å²) in [6.45, 7) is 14.4. The first-order valence-corrected chi connectivity index (χ1v) is 13.1. The minimum atomic E-state index is -0.212. The Kier molecular flexibility index (Phi) is 9.54. The normalized spacial score (nSPS) is 15.6. The first-order chi connectivity index (χ1) is 17.3. The second kappa shape index (κ2) is 12.4. The maximum absolute atomic E-state index is 9.59. The van der Waals surface area contributed by atoms with Gasteiger partial charge in [-0.15, -0.1) is 0 Å². The molecule has 0 saturated carbocycles. The number of hydrogen-bond donors (Lipinski definition) is 2. The summed E-state index contributed by atoms with van der Waals surface area (Å²) in [5, 5.41) is 19.6. The van der Waals surface area contributed by atoms with E-state index in [1.165, 1.54) is 0 Å². The molecule has 1 fully saturated rings. The lowest BCUT2D eigenvalue weighted by Crippen LogP contribution is -2.49. The van der Waals surface area contributed by atoms with Crippen molar-refractivity contribution in [1.82, 2.24) is 19.2 Å². The molecule has 7 nitrogen and oxygen atoms in total. The summed E-state index contributed by atoms with van der Waals surface area (Å²) in [6.07, 6.45) is 8.54. The molecule has 2 aromatic heterocycles. The van der Waals surface area contributed by atoms with Crippen LogP contribution in [0.3, 0.4) is 0 Å². The number of hydrogen-bond acceptors (Lipinski definition) is 5. The number of fused-ring (bicyclic) bond motifs is 1. The number of nitrogens with zero attached hydrogens (tertiary/aromatic N) is 5. The van der Waals surface area contributed by atoms with Crippen LogP contribution >= 0.6 is 11.6 Å². The van der Waals surface area contributed by atoms with E-state index in [4.69, 9.17) is 21.7 Å². The second-order valence-electron chi connectivity index (χ2n) is 8.93. The zero-order chi connectivity index (χ0) is 26.4. The van der Waals surface area contributed by atoms with E-state index >= 15 is 0 Å². The second-order valence-corrected chi connectivity index (χ2v) is 9.34. The smallest absolute Gasteiger partial charge is 0.155 e. The number of aryl methyl sites for hydroxylation is 2. The van der Waals surface area contributed by atoms with Crippen LogP contribution in [0.25, 0.3) is 10.9 Å². The van der Waals surface area contributed by atoms with Crippen molar-refractivity contribution >= 4 is 34.0 Å². The van der Waals surface area contributed by atoms with Crippen molar-refractivity contribution < 1.29 is 5.11 Å². The molecule has 0 unspecified atom stereocenters. The first-order valence-electron chi connectivity index (χ1n) is 12.7. The van der Waals surface area contributed by atoms with Crippen LogP contribution in [0.15, 0.2) is 59.1 Å². The molecule has 0 spiro atoms. The Morgan fingerprint density at radius 3 is 2.64 bits per heavy atom. The van der Waals surface area contributed by atoms with Crippen molar-refractivity contribution in [2.24, 2.45) is 12.0 Å². The molecule has 2 N–H and O–H groups in total. The van der Waals surface area contributed by atoms with Crippen molar-refractivity contribution in [2.75, 3.05) is 18.4 Å². The molecule has 0 bridgehead atoms. The fourth-order valence-corrected chi connectivity index (χ4v) is 4.36.